The van der Waals surface area contributed by atoms with Crippen LogP contribution in [0.5, 0.6) is 17.2 Å². The molecule has 0 aliphatic carbocycles. The van der Waals surface area contributed by atoms with Crippen LogP contribution in [0.2, 0.25) is 0 Å². The fraction of sp³-hybridized carbons (Fsp3) is 0.290. The number of thiophene rings is 1. The molecule has 1 fully saturated rings. The van der Waals surface area contributed by atoms with Crippen LogP contribution in [0.4, 0.5) is 0 Å². The largest absolute Gasteiger partial charge is 0.508 e. The van der Waals surface area contributed by atoms with E-state index in [0.29, 0.717) is 17.7 Å². The third-order valence-corrected chi connectivity index (χ3v) is 8.59. The van der Waals surface area contributed by atoms with Gasteiger partial charge in [-0.05, 0) is 80.0 Å². The lowest BCUT2D eigenvalue weighted by atomic mass is 9.96. The van der Waals surface area contributed by atoms with Gasteiger partial charge >= 0.3 is 0 Å². The van der Waals surface area contributed by atoms with Crippen LogP contribution in [0.3, 0.4) is 0 Å². The SMILES string of the molecule is COc1cc(C(=O)c2c(-c3ccc(OCCC4N=CNN4)cc3)sc3cc(O)ccc23)ccc1CN1CCCC1. The number of benzene rings is 3. The molecule has 0 spiro atoms. The van der Waals surface area contributed by atoms with Gasteiger partial charge < -0.3 is 20.0 Å². The fourth-order valence-corrected chi connectivity index (χ4v) is 6.53. The van der Waals surface area contributed by atoms with Gasteiger partial charge in [-0.15, -0.1) is 11.3 Å². The van der Waals surface area contributed by atoms with Crippen LogP contribution in [0.25, 0.3) is 20.5 Å². The van der Waals surface area contributed by atoms with Crippen molar-refractivity contribution >= 4 is 33.5 Å². The second kappa shape index (κ2) is 11.7. The van der Waals surface area contributed by atoms with E-state index >= 15 is 0 Å². The van der Waals surface area contributed by atoms with Gasteiger partial charge in [-0.3, -0.25) is 14.7 Å². The van der Waals surface area contributed by atoms with E-state index in [1.54, 1.807) is 25.6 Å². The number of aromatic hydroxyl groups is 1. The van der Waals surface area contributed by atoms with E-state index in [0.717, 1.165) is 63.6 Å². The van der Waals surface area contributed by atoms with Gasteiger partial charge in [-0.2, -0.15) is 0 Å². The predicted octanol–water partition coefficient (Wildman–Crippen LogP) is 5.34. The molecule has 3 N–H and O–H groups in total. The van der Waals surface area contributed by atoms with Crippen molar-refractivity contribution in [2.75, 3.05) is 26.8 Å². The Morgan fingerprint density at radius 3 is 2.67 bits per heavy atom. The molecule has 0 saturated carbocycles. The van der Waals surface area contributed by atoms with Crippen molar-refractivity contribution in [3.8, 4) is 27.7 Å². The molecule has 1 atom stereocenters. The minimum Gasteiger partial charge on any atom is -0.508 e. The average molecular weight is 557 g/mol. The number of hydrogen-bond donors (Lipinski definition) is 3. The molecule has 9 heteroatoms. The van der Waals surface area contributed by atoms with E-state index in [1.807, 2.05) is 48.5 Å². The highest BCUT2D eigenvalue weighted by Crippen LogP contribution is 2.42. The number of ketones is 1. The average Bonchev–Trinajstić information content (AvgIpc) is 3.75. The second-order valence-corrected chi connectivity index (χ2v) is 11.1. The van der Waals surface area contributed by atoms with Gasteiger partial charge in [-0.1, -0.05) is 12.1 Å². The first kappa shape index (κ1) is 26.3. The number of carbonyl (C=O) groups excluding carboxylic acids is 1. The molecule has 3 heterocycles. The minimum atomic E-state index is -0.0727. The Labute approximate surface area is 237 Å². The van der Waals surface area contributed by atoms with Gasteiger partial charge in [0.15, 0.2) is 5.78 Å². The second-order valence-electron chi connectivity index (χ2n) is 10.1. The zero-order chi connectivity index (χ0) is 27.5. The summed E-state index contributed by atoms with van der Waals surface area (Å²) in [7, 11) is 1.66. The molecule has 0 bridgehead atoms. The van der Waals surface area contributed by atoms with Crippen molar-refractivity contribution in [1.82, 2.24) is 15.8 Å². The van der Waals surface area contributed by atoms with Gasteiger partial charge in [-0.25, -0.2) is 5.43 Å². The van der Waals surface area contributed by atoms with Crippen LogP contribution in [-0.4, -0.2) is 55.1 Å². The van der Waals surface area contributed by atoms with Crippen molar-refractivity contribution in [3.05, 3.63) is 77.4 Å². The summed E-state index contributed by atoms with van der Waals surface area (Å²) < 4.78 is 12.5. The summed E-state index contributed by atoms with van der Waals surface area (Å²) in [6.45, 7) is 3.53. The molecular formula is C31H32N4O4S. The molecular weight excluding hydrogens is 524 g/mol. The number of ether oxygens (including phenoxy) is 2. The highest BCUT2D eigenvalue weighted by atomic mass is 32.1. The first-order valence-electron chi connectivity index (χ1n) is 13.5. The van der Waals surface area contributed by atoms with Crippen molar-refractivity contribution in [2.24, 2.45) is 4.99 Å². The van der Waals surface area contributed by atoms with E-state index in [1.165, 1.54) is 24.2 Å². The van der Waals surface area contributed by atoms with Gasteiger partial charge in [0.25, 0.3) is 0 Å². The number of carbonyl (C=O) groups is 1. The normalized spacial score (nSPS) is 16.9. The molecule has 6 rings (SSSR count). The van der Waals surface area contributed by atoms with Crippen molar-refractivity contribution < 1.29 is 19.4 Å². The third-order valence-electron chi connectivity index (χ3n) is 7.39. The van der Waals surface area contributed by atoms with Crippen molar-refractivity contribution in [2.45, 2.75) is 32.0 Å². The Balaban J connectivity index is 1.29. The lowest BCUT2D eigenvalue weighted by molar-refractivity contribution is 0.104. The summed E-state index contributed by atoms with van der Waals surface area (Å²) in [6, 6.07) is 18.7. The van der Waals surface area contributed by atoms with E-state index in [4.69, 9.17) is 9.47 Å². The fourth-order valence-electron chi connectivity index (χ4n) is 5.29. The highest BCUT2D eigenvalue weighted by Gasteiger charge is 2.23. The monoisotopic (exact) mass is 556 g/mol. The van der Waals surface area contributed by atoms with Crippen LogP contribution >= 0.6 is 11.3 Å². The van der Waals surface area contributed by atoms with Crippen LogP contribution in [0.1, 0.15) is 40.7 Å². The number of fused-ring (bicyclic) bond motifs is 1. The number of phenolic OH excluding ortho intramolecular Hbond substituents is 1. The molecule has 0 radical (unpaired) electrons. The summed E-state index contributed by atoms with van der Waals surface area (Å²) in [4.78, 5) is 21.6. The summed E-state index contributed by atoms with van der Waals surface area (Å²) >= 11 is 1.50. The lowest BCUT2D eigenvalue weighted by Gasteiger charge is -2.17. The molecule has 1 unspecified atom stereocenters. The van der Waals surface area contributed by atoms with Crippen LogP contribution < -0.4 is 20.3 Å². The lowest BCUT2D eigenvalue weighted by Crippen LogP contribution is -2.32. The minimum absolute atomic E-state index is 0.00992. The predicted molar refractivity (Wildman–Crippen MR) is 159 cm³/mol. The number of rotatable bonds is 10. The Bertz CT molecular complexity index is 1540. The summed E-state index contributed by atoms with van der Waals surface area (Å²) in [5.74, 6) is 1.58. The number of phenols is 1. The van der Waals surface area contributed by atoms with Gasteiger partial charge in [0.2, 0.25) is 0 Å². The number of nitrogens with zero attached hydrogens (tertiary/aromatic N) is 2. The van der Waals surface area contributed by atoms with E-state index in [2.05, 4.69) is 20.7 Å². The Morgan fingerprint density at radius 1 is 1.10 bits per heavy atom. The zero-order valence-electron chi connectivity index (χ0n) is 22.4. The van der Waals surface area contributed by atoms with Crippen molar-refractivity contribution in [1.29, 1.82) is 0 Å². The number of methoxy groups -OCH3 is 1. The molecule has 4 aromatic rings. The molecule has 2 aliphatic heterocycles. The Kier molecular flexibility index (Phi) is 7.68. The standard InChI is InChI=1S/C31H32N4O4S/c1-38-26-16-21(4-5-22(26)18-35-13-2-3-14-35)30(37)29-25-11-8-23(36)17-27(25)40-31(29)20-6-9-24(10-7-20)39-15-12-28-32-19-33-34-28/h4-11,16-17,19,28,34,36H,2-3,12-15,18H2,1H3,(H,32,33). The highest BCUT2D eigenvalue weighted by molar-refractivity contribution is 7.22. The number of hydrazine groups is 1. The summed E-state index contributed by atoms with van der Waals surface area (Å²) in [5.41, 5.74) is 9.11. The number of nitrogens with one attached hydrogen (secondary N) is 2. The number of hydrogen-bond acceptors (Lipinski definition) is 9. The quantitative estimate of drug-likeness (QED) is 0.227. The van der Waals surface area contributed by atoms with Gasteiger partial charge in [0, 0.05) is 44.6 Å². The smallest absolute Gasteiger partial charge is 0.195 e. The van der Waals surface area contributed by atoms with Gasteiger partial charge in [0.05, 0.1) is 20.1 Å². The number of aliphatic imine (C=N–C) groups is 1. The molecule has 2 aliphatic rings. The van der Waals surface area contributed by atoms with Gasteiger partial charge in [0.1, 0.15) is 23.4 Å². The maximum Gasteiger partial charge on any atom is 0.195 e. The molecule has 3 aromatic carbocycles. The molecule has 206 valence electrons. The first-order chi connectivity index (χ1) is 19.6. The van der Waals surface area contributed by atoms with E-state index < -0.39 is 0 Å². The molecule has 1 saturated heterocycles. The zero-order valence-corrected chi connectivity index (χ0v) is 23.2. The number of likely N-dealkylation sites (tertiary alicyclic amines) is 1. The maximum absolute atomic E-state index is 14.1. The molecule has 1 aromatic heterocycles. The van der Waals surface area contributed by atoms with Crippen LogP contribution in [-0.2, 0) is 6.54 Å². The Hall–Kier alpha value is -3.92. The van der Waals surface area contributed by atoms with Crippen LogP contribution in [0, 0.1) is 0 Å². The van der Waals surface area contributed by atoms with Crippen LogP contribution in [0.15, 0.2) is 65.7 Å². The summed E-state index contributed by atoms with van der Waals surface area (Å²) in [5, 5.41) is 11.0. The molecule has 40 heavy (non-hydrogen) atoms. The first-order valence-corrected chi connectivity index (χ1v) is 14.4. The maximum atomic E-state index is 14.1. The Morgan fingerprint density at radius 2 is 1.93 bits per heavy atom. The third kappa shape index (κ3) is 5.54. The summed E-state index contributed by atoms with van der Waals surface area (Å²) in [6.07, 6.45) is 4.84. The molecule has 8 nitrogen and oxygen atoms in total. The molecule has 0 amide bonds. The van der Waals surface area contributed by atoms with Crippen molar-refractivity contribution in [3.63, 3.8) is 0 Å². The topological polar surface area (TPSA) is 95.4 Å². The van der Waals surface area contributed by atoms with E-state index in [9.17, 15) is 9.90 Å². The van der Waals surface area contributed by atoms with E-state index in [-0.39, 0.29) is 17.7 Å².